The summed E-state index contributed by atoms with van der Waals surface area (Å²) in [5.74, 6) is 0.291. The van der Waals surface area contributed by atoms with Crippen molar-refractivity contribution in [1.82, 2.24) is 0 Å². The number of amides is 2. The molecule has 8 heteroatoms. The number of piperidine rings is 1. The van der Waals surface area contributed by atoms with E-state index in [4.69, 9.17) is 15.2 Å². The van der Waals surface area contributed by atoms with Gasteiger partial charge in [0.15, 0.2) is 0 Å². The molecule has 1 fully saturated rings. The van der Waals surface area contributed by atoms with Crippen LogP contribution in [-0.2, 0) is 4.79 Å². The zero-order chi connectivity index (χ0) is 21.5. The summed E-state index contributed by atoms with van der Waals surface area (Å²) >= 11 is 0. The van der Waals surface area contributed by atoms with Gasteiger partial charge in [0.25, 0.3) is 5.91 Å². The van der Waals surface area contributed by atoms with Crippen LogP contribution in [0.25, 0.3) is 0 Å². The zero-order valence-electron chi connectivity index (χ0n) is 17.4. The fraction of sp³-hybridized carbons (Fsp3) is 0.364. The molecule has 1 saturated heterocycles. The summed E-state index contributed by atoms with van der Waals surface area (Å²) in [4.78, 5) is 26.7. The third-order valence-corrected chi connectivity index (χ3v) is 5.11. The van der Waals surface area contributed by atoms with E-state index in [1.165, 1.54) is 13.5 Å². The van der Waals surface area contributed by atoms with Crippen molar-refractivity contribution in [3.8, 4) is 11.5 Å². The van der Waals surface area contributed by atoms with Crippen molar-refractivity contribution >= 4 is 28.9 Å². The molecule has 4 N–H and O–H groups in total. The average Bonchev–Trinajstić information content (AvgIpc) is 2.78. The Kier molecular flexibility index (Phi) is 7.00. The first-order chi connectivity index (χ1) is 14.5. The van der Waals surface area contributed by atoms with E-state index in [9.17, 15) is 9.59 Å². The van der Waals surface area contributed by atoms with Crippen molar-refractivity contribution in [2.24, 2.45) is 5.73 Å². The molecular weight excluding hydrogens is 384 g/mol. The zero-order valence-corrected chi connectivity index (χ0v) is 17.4. The van der Waals surface area contributed by atoms with Crippen LogP contribution >= 0.6 is 0 Å². The van der Waals surface area contributed by atoms with Crippen molar-refractivity contribution in [3.63, 3.8) is 0 Å². The molecule has 0 spiro atoms. The predicted octanol–water partition coefficient (Wildman–Crippen LogP) is 2.84. The highest BCUT2D eigenvalue weighted by Crippen LogP contribution is 2.29. The van der Waals surface area contributed by atoms with Crippen molar-refractivity contribution in [1.29, 1.82) is 0 Å². The maximum atomic E-state index is 12.5. The van der Waals surface area contributed by atoms with Crippen molar-refractivity contribution in [2.75, 3.05) is 49.4 Å². The van der Waals surface area contributed by atoms with Crippen LogP contribution in [0.2, 0.25) is 0 Å². The number of ether oxygens (including phenoxy) is 2. The second kappa shape index (κ2) is 9.87. The Morgan fingerprint density at radius 2 is 1.77 bits per heavy atom. The average molecular weight is 412 g/mol. The van der Waals surface area contributed by atoms with Crippen LogP contribution in [0.15, 0.2) is 36.4 Å². The van der Waals surface area contributed by atoms with E-state index in [1.54, 1.807) is 37.4 Å². The maximum Gasteiger partial charge on any atom is 0.250 e. The lowest BCUT2D eigenvalue weighted by atomic mass is 10.1. The first-order valence-corrected chi connectivity index (χ1v) is 9.96. The van der Waals surface area contributed by atoms with Gasteiger partial charge in [0, 0.05) is 30.5 Å². The molecule has 1 heterocycles. The van der Waals surface area contributed by atoms with Gasteiger partial charge in [-0.15, -0.1) is 0 Å². The molecule has 2 aromatic carbocycles. The summed E-state index contributed by atoms with van der Waals surface area (Å²) < 4.78 is 10.5. The molecule has 1 aliphatic heterocycles. The number of nitrogens with one attached hydrogen (secondary N) is 2. The number of methoxy groups -OCH3 is 2. The molecule has 1 aliphatic rings. The highest BCUT2D eigenvalue weighted by molar-refractivity contribution is 6.01. The molecule has 30 heavy (non-hydrogen) atoms. The molecule has 0 unspecified atom stereocenters. The van der Waals surface area contributed by atoms with Crippen molar-refractivity contribution < 1.29 is 19.1 Å². The van der Waals surface area contributed by atoms with E-state index in [1.807, 2.05) is 6.07 Å². The molecule has 0 aromatic heterocycles. The Bertz CT molecular complexity index is 910. The molecule has 3 rings (SSSR count). The third kappa shape index (κ3) is 5.14. The van der Waals surface area contributed by atoms with Gasteiger partial charge in [-0.1, -0.05) is 0 Å². The summed E-state index contributed by atoms with van der Waals surface area (Å²) in [6.45, 7) is 1.90. The van der Waals surface area contributed by atoms with Gasteiger partial charge in [0.1, 0.15) is 11.5 Å². The van der Waals surface area contributed by atoms with Crippen molar-refractivity contribution in [3.05, 3.63) is 42.0 Å². The normalized spacial score (nSPS) is 13.5. The number of anilines is 3. The SMILES string of the molecule is COc1ccc(OC)c(NC(=O)CNc2ccc(N3CCCCC3)cc2C(N)=O)c1. The van der Waals surface area contributed by atoms with Crippen LogP contribution in [0.3, 0.4) is 0 Å². The Labute approximate surface area is 176 Å². The lowest BCUT2D eigenvalue weighted by Gasteiger charge is -2.29. The number of rotatable bonds is 8. The fourth-order valence-electron chi connectivity index (χ4n) is 3.52. The highest BCUT2D eigenvalue weighted by atomic mass is 16.5. The number of nitrogens with zero attached hydrogens (tertiary/aromatic N) is 1. The Morgan fingerprint density at radius 1 is 1.00 bits per heavy atom. The van der Waals surface area contributed by atoms with Crippen LogP contribution < -0.4 is 30.7 Å². The van der Waals surface area contributed by atoms with Crippen LogP contribution in [0.1, 0.15) is 29.6 Å². The van der Waals surface area contributed by atoms with E-state index >= 15 is 0 Å². The minimum atomic E-state index is -0.536. The first kappa shape index (κ1) is 21.3. The fourth-order valence-corrected chi connectivity index (χ4v) is 3.52. The molecule has 0 saturated carbocycles. The molecule has 0 aliphatic carbocycles. The smallest absolute Gasteiger partial charge is 0.250 e. The second-order valence-corrected chi connectivity index (χ2v) is 7.11. The minimum Gasteiger partial charge on any atom is -0.497 e. The molecule has 0 bridgehead atoms. The molecule has 160 valence electrons. The molecular formula is C22H28N4O4. The number of hydrogen-bond acceptors (Lipinski definition) is 6. The summed E-state index contributed by atoms with van der Waals surface area (Å²) in [7, 11) is 3.08. The number of carbonyl (C=O) groups is 2. The van der Waals surface area contributed by atoms with Gasteiger partial charge in [-0.25, -0.2) is 0 Å². The first-order valence-electron chi connectivity index (χ1n) is 9.96. The Morgan fingerprint density at radius 3 is 2.43 bits per heavy atom. The van der Waals surface area contributed by atoms with Crippen LogP contribution in [-0.4, -0.2) is 45.7 Å². The van der Waals surface area contributed by atoms with Crippen molar-refractivity contribution in [2.45, 2.75) is 19.3 Å². The number of nitrogens with two attached hydrogens (primary N) is 1. The summed E-state index contributed by atoms with van der Waals surface area (Å²) in [5.41, 5.74) is 7.95. The standard InChI is InChI=1S/C22H28N4O4/c1-29-16-7-9-20(30-2)19(13-16)25-21(27)14-24-18-8-6-15(12-17(18)22(23)28)26-10-4-3-5-11-26/h6-9,12-13,24H,3-5,10-11,14H2,1-2H3,(H2,23,28)(H,25,27). The quantitative estimate of drug-likeness (QED) is 0.616. The Balaban J connectivity index is 1.69. The number of benzene rings is 2. The van der Waals surface area contributed by atoms with Gasteiger partial charge < -0.3 is 30.7 Å². The minimum absolute atomic E-state index is 0.0380. The van der Waals surface area contributed by atoms with Gasteiger partial charge in [0.2, 0.25) is 5.91 Å². The van der Waals surface area contributed by atoms with E-state index in [0.717, 1.165) is 31.6 Å². The van der Waals surface area contributed by atoms with Gasteiger partial charge >= 0.3 is 0 Å². The lowest BCUT2D eigenvalue weighted by Crippen LogP contribution is -2.30. The molecule has 2 aromatic rings. The number of primary amides is 1. The Hall–Kier alpha value is -3.42. The van der Waals surface area contributed by atoms with Gasteiger partial charge in [-0.3, -0.25) is 9.59 Å². The maximum absolute atomic E-state index is 12.5. The topological polar surface area (TPSA) is 106 Å². The van der Waals surface area contributed by atoms with E-state index in [2.05, 4.69) is 15.5 Å². The molecule has 2 amide bonds. The highest BCUT2D eigenvalue weighted by Gasteiger charge is 2.16. The van der Waals surface area contributed by atoms with Gasteiger partial charge in [-0.05, 0) is 49.6 Å². The molecule has 0 atom stereocenters. The largest absolute Gasteiger partial charge is 0.497 e. The predicted molar refractivity (Wildman–Crippen MR) is 118 cm³/mol. The van der Waals surface area contributed by atoms with Crippen LogP contribution in [0.5, 0.6) is 11.5 Å². The summed E-state index contributed by atoms with van der Waals surface area (Å²) in [6.07, 6.45) is 3.51. The van der Waals surface area contributed by atoms with E-state index in [-0.39, 0.29) is 12.5 Å². The molecule has 0 radical (unpaired) electrons. The van der Waals surface area contributed by atoms with Crippen LogP contribution in [0, 0.1) is 0 Å². The summed E-state index contributed by atoms with van der Waals surface area (Å²) in [5, 5.41) is 5.79. The lowest BCUT2D eigenvalue weighted by molar-refractivity contribution is -0.114. The van der Waals surface area contributed by atoms with E-state index in [0.29, 0.717) is 28.4 Å². The number of hydrogen-bond donors (Lipinski definition) is 3. The monoisotopic (exact) mass is 412 g/mol. The van der Waals surface area contributed by atoms with E-state index < -0.39 is 5.91 Å². The number of carbonyl (C=O) groups excluding carboxylic acids is 2. The molecule has 8 nitrogen and oxygen atoms in total. The van der Waals surface area contributed by atoms with Gasteiger partial charge in [-0.2, -0.15) is 0 Å². The third-order valence-electron chi connectivity index (χ3n) is 5.11. The second-order valence-electron chi connectivity index (χ2n) is 7.11. The van der Waals surface area contributed by atoms with Gasteiger partial charge in [0.05, 0.1) is 32.0 Å². The van der Waals surface area contributed by atoms with Crippen LogP contribution in [0.4, 0.5) is 17.1 Å². The summed E-state index contributed by atoms with van der Waals surface area (Å²) in [6, 6.07) is 10.7.